The zero-order valence-electron chi connectivity index (χ0n) is 2.27. The van der Waals surface area contributed by atoms with Crippen LogP contribution in [0.15, 0.2) is 0 Å². The summed E-state index contributed by atoms with van der Waals surface area (Å²) >= 11 is 0. The Morgan fingerprint density at radius 1 is 0.333 bits per heavy atom. The quantitative estimate of drug-likeness (QED) is 0.364. The van der Waals surface area contributed by atoms with E-state index in [1.165, 1.54) is 0 Å². The van der Waals surface area contributed by atoms with Crippen molar-refractivity contribution < 1.29 is 79.1 Å². The van der Waals surface area contributed by atoms with E-state index in [2.05, 4.69) is 0 Å². The van der Waals surface area contributed by atoms with Gasteiger partial charge in [0.15, 0.2) is 0 Å². The van der Waals surface area contributed by atoms with Crippen molar-refractivity contribution in [1.82, 2.24) is 0 Å². The second-order valence-corrected chi connectivity index (χ2v) is 0. The summed E-state index contributed by atoms with van der Waals surface area (Å²) in [6.45, 7) is 0. The van der Waals surface area contributed by atoms with E-state index in [0.29, 0.717) is 0 Å². The molecule has 0 spiro atoms. The Morgan fingerprint density at radius 2 is 0.333 bits per heavy atom. The summed E-state index contributed by atoms with van der Waals surface area (Å²) in [5.41, 5.74) is 0. The molecule has 0 aromatic rings. The van der Waals surface area contributed by atoms with Gasteiger partial charge >= 0.3 is 0 Å². The predicted molar refractivity (Wildman–Crippen MR) is 0 cm³/mol. The third-order valence-corrected chi connectivity index (χ3v) is 0. The summed E-state index contributed by atoms with van der Waals surface area (Å²) in [5.74, 6) is 0. The third-order valence-electron chi connectivity index (χ3n) is 0. The van der Waals surface area contributed by atoms with E-state index >= 15 is 0 Å². The summed E-state index contributed by atoms with van der Waals surface area (Å²) in [6, 6.07) is 0. The molecule has 47 valence electrons. The number of halogens is 5. The van der Waals surface area contributed by atoms with Gasteiger partial charge in [0.25, 0.3) is 0 Å². The van der Waals surface area contributed by atoms with Crippen LogP contribution in [0.1, 0.15) is 0 Å². The van der Waals surface area contributed by atoms with E-state index < -0.39 is 0 Å². The molecule has 0 aliphatic carbocycles. The fraction of sp³-hybridized carbons (Fsp3) is 0. The van der Waals surface area contributed by atoms with E-state index in [-0.39, 0.29) is 79.1 Å². The van der Waals surface area contributed by atoms with Gasteiger partial charge in [0.2, 0.25) is 0 Å². The fourth-order valence-corrected chi connectivity index (χ4v) is 0. The van der Waals surface area contributed by atoms with Crippen LogP contribution in [-0.4, -0.2) is 0 Å². The topological polar surface area (TPSA) is 0 Å². The molecule has 0 heterocycles. The summed E-state index contributed by atoms with van der Waals surface area (Å²) in [7, 11) is 0. The molecule has 0 aliphatic heterocycles. The normalized spacial score (nSPS) is 0. The third kappa shape index (κ3) is 38.0. The van der Waals surface area contributed by atoms with Crippen LogP contribution < -0.4 is 62.0 Å². The van der Waals surface area contributed by atoms with Gasteiger partial charge in [-0.2, -0.15) is 0 Å². The number of rotatable bonds is 0. The minimum absolute atomic E-state index is 0. The van der Waals surface area contributed by atoms with Gasteiger partial charge in [-0.15, -0.1) is 0 Å². The second kappa shape index (κ2) is 64.0. The molecular weight excluding hydrogens is 232 g/mol. The van der Waals surface area contributed by atoms with Crippen molar-refractivity contribution in [3.05, 3.63) is 0 Å². The van der Waals surface area contributed by atoms with Crippen molar-refractivity contribution >= 4 is 0 Å². The first-order valence-corrected chi connectivity index (χ1v) is 0. The molecule has 0 aromatic carbocycles. The Bertz CT molecular complexity index is 3.90. The molecule has 0 rings (SSSR count). The van der Waals surface area contributed by atoms with Crippen molar-refractivity contribution in [3.8, 4) is 0 Å². The van der Waals surface area contributed by atoms with Crippen LogP contribution in [0.4, 0.5) is 0 Å². The van der Waals surface area contributed by atoms with Crippen molar-refractivity contribution in [2.75, 3.05) is 0 Å². The minimum atomic E-state index is 0. The van der Waals surface area contributed by atoms with Gasteiger partial charge < -0.3 is 62.0 Å². The Balaban J connectivity index is 0. The maximum atomic E-state index is 0. The van der Waals surface area contributed by atoms with E-state index in [4.69, 9.17) is 0 Å². The Labute approximate surface area is 78.7 Å². The first-order valence-electron chi connectivity index (χ1n) is 0. The molecule has 0 amide bonds. The minimum Gasteiger partial charge on any atom is -1.00 e. The van der Waals surface area contributed by atoms with Gasteiger partial charge in [-0.1, -0.05) is 0 Å². The Hall–Kier alpha value is 1.97. The molecule has 0 atom stereocenters. The summed E-state index contributed by atoms with van der Waals surface area (Å²) in [4.78, 5) is 0. The Morgan fingerprint density at radius 3 is 0.333 bits per heavy atom. The molecular formula is Cl5Mn-5. The van der Waals surface area contributed by atoms with Gasteiger partial charge in [0.05, 0.1) is 0 Å². The standard InChI is InChI=1S/5ClH.Mn/h5*1H;/p-5. The van der Waals surface area contributed by atoms with Crippen LogP contribution >= 0.6 is 0 Å². The van der Waals surface area contributed by atoms with E-state index in [9.17, 15) is 0 Å². The maximum absolute atomic E-state index is 0. The van der Waals surface area contributed by atoms with E-state index in [1.807, 2.05) is 0 Å². The molecule has 0 nitrogen and oxygen atoms in total. The van der Waals surface area contributed by atoms with Gasteiger partial charge in [0.1, 0.15) is 0 Å². The zero-order valence-corrected chi connectivity index (χ0v) is 7.23. The monoisotopic (exact) mass is 230 g/mol. The number of hydrogen-bond acceptors (Lipinski definition) is 0. The average Bonchev–Trinajstić information content (AvgIpc) is 0. The SMILES string of the molecule is [Cl-].[Cl-].[Cl-].[Cl-].[Cl-].[Mn]. The molecule has 6 heavy (non-hydrogen) atoms. The van der Waals surface area contributed by atoms with Gasteiger partial charge in [-0.05, 0) is 0 Å². The van der Waals surface area contributed by atoms with E-state index in [0.717, 1.165) is 0 Å². The summed E-state index contributed by atoms with van der Waals surface area (Å²) in [6.07, 6.45) is 0. The molecule has 0 unspecified atom stereocenters. The van der Waals surface area contributed by atoms with Crippen molar-refractivity contribution in [1.29, 1.82) is 0 Å². The van der Waals surface area contributed by atoms with Crippen molar-refractivity contribution in [2.45, 2.75) is 0 Å². The smallest absolute Gasteiger partial charge is 0 e. The predicted octanol–water partition coefficient (Wildman–Crippen LogP) is -15.0. The molecule has 0 fully saturated rings. The molecule has 0 saturated carbocycles. The molecule has 0 saturated heterocycles. The molecule has 6 heteroatoms. The molecule has 1 radical (unpaired) electrons. The van der Waals surface area contributed by atoms with Crippen molar-refractivity contribution in [3.63, 3.8) is 0 Å². The van der Waals surface area contributed by atoms with Crippen LogP contribution in [0.2, 0.25) is 0 Å². The van der Waals surface area contributed by atoms with Crippen LogP contribution in [0.3, 0.4) is 0 Å². The summed E-state index contributed by atoms with van der Waals surface area (Å²) in [5, 5.41) is 0. The zero-order chi connectivity index (χ0) is 0. The summed E-state index contributed by atoms with van der Waals surface area (Å²) < 4.78 is 0. The van der Waals surface area contributed by atoms with Gasteiger partial charge in [0, 0.05) is 17.1 Å². The fourth-order valence-electron chi connectivity index (χ4n) is 0. The average molecular weight is 232 g/mol. The van der Waals surface area contributed by atoms with Crippen molar-refractivity contribution in [2.24, 2.45) is 0 Å². The molecule has 0 aromatic heterocycles. The Kier molecular flexibility index (Phi) is 1060. The van der Waals surface area contributed by atoms with Gasteiger partial charge in [-0.3, -0.25) is 0 Å². The second-order valence-electron chi connectivity index (χ2n) is 0. The molecule has 0 N–H and O–H groups in total. The number of hydrogen-bond donors (Lipinski definition) is 0. The van der Waals surface area contributed by atoms with Crippen LogP contribution in [0.5, 0.6) is 0 Å². The maximum Gasteiger partial charge on any atom is 0 e. The van der Waals surface area contributed by atoms with Crippen LogP contribution in [-0.2, 0) is 17.1 Å². The van der Waals surface area contributed by atoms with Crippen LogP contribution in [0, 0.1) is 0 Å². The first kappa shape index (κ1) is 99.8. The largest absolute Gasteiger partial charge is 1.00 e. The van der Waals surface area contributed by atoms with Crippen LogP contribution in [0.25, 0.3) is 0 Å². The molecule has 0 bridgehead atoms. The van der Waals surface area contributed by atoms with E-state index in [1.54, 1.807) is 0 Å². The first-order chi connectivity index (χ1) is 0. The van der Waals surface area contributed by atoms with Gasteiger partial charge in [-0.25, -0.2) is 0 Å². The molecule has 0 aliphatic rings.